The summed E-state index contributed by atoms with van der Waals surface area (Å²) in [4.78, 5) is 2.95. The number of thiocarbonyl (C=S) groups is 1. The standard InChI is InChI=1S/C14H18F3N3S/c1-10-8-20(9-12(19(10)2)14(15,16)17)13(21)18-11-6-4-3-5-7-11/h3-7,10,12H,8-9H2,1-2H3,(H,18,21). The maximum Gasteiger partial charge on any atom is 0.405 e. The molecular formula is C14H18F3N3S. The summed E-state index contributed by atoms with van der Waals surface area (Å²) in [6, 6.07) is 7.48. The lowest BCUT2D eigenvalue weighted by Gasteiger charge is -2.45. The van der Waals surface area contributed by atoms with Crippen molar-refractivity contribution in [1.29, 1.82) is 0 Å². The van der Waals surface area contributed by atoms with E-state index in [4.69, 9.17) is 12.2 Å². The van der Waals surface area contributed by atoms with Crippen LogP contribution in [0.3, 0.4) is 0 Å². The Hall–Kier alpha value is -1.34. The van der Waals surface area contributed by atoms with Gasteiger partial charge in [-0.05, 0) is 38.3 Å². The van der Waals surface area contributed by atoms with Crippen molar-refractivity contribution in [3.05, 3.63) is 30.3 Å². The van der Waals surface area contributed by atoms with E-state index in [1.165, 1.54) is 11.9 Å². The number of rotatable bonds is 1. The van der Waals surface area contributed by atoms with Gasteiger partial charge in [-0.25, -0.2) is 0 Å². The zero-order valence-electron chi connectivity index (χ0n) is 11.9. The molecule has 0 amide bonds. The van der Waals surface area contributed by atoms with Crippen LogP contribution in [0.5, 0.6) is 0 Å². The zero-order chi connectivity index (χ0) is 15.6. The van der Waals surface area contributed by atoms with Crippen molar-refractivity contribution in [2.24, 2.45) is 0 Å². The van der Waals surface area contributed by atoms with Gasteiger partial charge in [0.1, 0.15) is 6.04 Å². The van der Waals surface area contributed by atoms with E-state index in [0.717, 1.165) is 5.69 Å². The van der Waals surface area contributed by atoms with Crippen LogP contribution in [0, 0.1) is 0 Å². The first-order valence-electron chi connectivity index (χ1n) is 6.68. The molecule has 2 rings (SSSR count). The third-order valence-electron chi connectivity index (χ3n) is 3.75. The minimum Gasteiger partial charge on any atom is -0.346 e. The average Bonchev–Trinajstić information content (AvgIpc) is 2.41. The molecule has 21 heavy (non-hydrogen) atoms. The molecule has 0 aliphatic carbocycles. The Morgan fingerprint density at radius 3 is 2.43 bits per heavy atom. The van der Waals surface area contributed by atoms with Crippen molar-refractivity contribution in [3.63, 3.8) is 0 Å². The van der Waals surface area contributed by atoms with Gasteiger partial charge in [-0.1, -0.05) is 18.2 Å². The molecule has 3 nitrogen and oxygen atoms in total. The first kappa shape index (κ1) is 16.0. The molecule has 1 N–H and O–H groups in total. The number of likely N-dealkylation sites (N-methyl/N-ethyl adjacent to an activating group) is 1. The molecule has 1 aromatic carbocycles. The lowest BCUT2D eigenvalue weighted by Crippen LogP contribution is -2.62. The Labute approximate surface area is 127 Å². The SMILES string of the molecule is CC1CN(C(=S)Nc2ccccc2)CC(C(F)(F)F)N1C. The number of hydrogen-bond donors (Lipinski definition) is 1. The molecule has 116 valence electrons. The molecule has 1 aliphatic rings. The molecule has 2 unspecified atom stereocenters. The summed E-state index contributed by atoms with van der Waals surface area (Å²) >= 11 is 5.25. The Morgan fingerprint density at radius 2 is 1.86 bits per heavy atom. The number of benzene rings is 1. The van der Waals surface area contributed by atoms with Gasteiger partial charge in [0.2, 0.25) is 0 Å². The number of nitrogens with zero attached hydrogens (tertiary/aromatic N) is 2. The molecule has 1 heterocycles. The Bertz CT molecular complexity index is 492. The van der Waals surface area contributed by atoms with Crippen molar-refractivity contribution in [2.45, 2.75) is 25.2 Å². The van der Waals surface area contributed by atoms with Crippen LogP contribution in [-0.4, -0.2) is 53.3 Å². The van der Waals surface area contributed by atoms with Gasteiger partial charge >= 0.3 is 6.18 Å². The Morgan fingerprint density at radius 1 is 1.24 bits per heavy atom. The van der Waals surface area contributed by atoms with Crippen molar-refractivity contribution in [1.82, 2.24) is 9.80 Å². The quantitative estimate of drug-likeness (QED) is 0.803. The van der Waals surface area contributed by atoms with Gasteiger partial charge in [-0.15, -0.1) is 0 Å². The summed E-state index contributed by atoms with van der Waals surface area (Å²) < 4.78 is 39.3. The molecule has 1 saturated heterocycles. The van der Waals surface area contributed by atoms with Crippen LogP contribution >= 0.6 is 12.2 Å². The molecule has 0 saturated carbocycles. The summed E-state index contributed by atoms with van der Waals surface area (Å²) in [7, 11) is 1.51. The molecule has 0 bridgehead atoms. The molecule has 1 aromatic rings. The van der Waals surface area contributed by atoms with Crippen LogP contribution in [0.4, 0.5) is 18.9 Å². The van der Waals surface area contributed by atoms with E-state index in [0.29, 0.717) is 11.7 Å². The van der Waals surface area contributed by atoms with Crippen LogP contribution in [0.2, 0.25) is 0 Å². The maximum absolute atomic E-state index is 13.1. The van der Waals surface area contributed by atoms with Crippen LogP contribution < -0.4 is 5.32 Å². The topological polar surface area (TPSA) is 18.5 Å². The molecule has 0 radical (unpaired) electrons. The van der Waals surface area contributed by atoms with Gasteiger partial charge < -0.3 is 10.2 Å². The van der Waals surface area contributed by atoms with E-state index in [9.17, 15) is 13.2 Å². The van der Waals surface area contributed by atoms with E-state index < -0.39 is 12.2 Å². The van der Waals surface area contributed by atoms with Gasteiger partial charge in [0, 0.05) is 24.8 Å². The third-order valence-corrected chi connectivity index (χ3v) is 4.12. The van der Waals surface area contributed by atoms with Crippen LogP contribution in [0.15, 0.2) is 30.3 Å². The second-order valence-corrected chi connectivity index (χ2v) is 5.66. The molecule has 0 spiro atoms. The van der Waals surface area contributed by atoms with Gasteiger partial charge in [-0.3, -0.25) is 4.90 Å². The number of para-hydroxylation sites is 1. The first-order chi connectivity index (χ1) is 9.79. The Kier molecular flexibility index (Phi) is 4.73. The highest BCUT2D eigenvalue weighted by Crippen LogP contribution is 2.29. The third kappa shape index (κ3) is 3.85. The second-order valence-electron chi connectivity index (χ2n) is 5.27. The number of hydrogen-bond acceptors (Lipinski definition) is 2. The van der Waals surface area contributed by atoms with Crippen molar-refractivity contribution in [2.75, 3.05) is 25.5 Å². The molecule has 0 aromatic heterocycles. The highest BCUT2D eigenvalue weighted by atomic mass is 32.1. The number of nitrogens with one attached hydrogen (secondary N) is 1. The maximum atomic E-state index is 13.1. The van der Waals surface area contributed by atoms with Crippen LogP contribution in [0.25, 0.3) is 0 Å². The van der Waals surface area contributed by atoms with Crippen LogP contribution in [-0.2, 0) is 0 Å². The highest BCUT2D eigenvalue weighted by Gasteiger charge is 2.47. The van der Waals surface area contributed by atoms with E-state index in [1.54, 1.807) is 11.8 Å². The minimum absolute atomic E-state index is 0.150. The molecule has 2 atom stereocenters. The summed E-state index contributed by atoms with van der Waals surface area (Å²) in [5, 5.41) is 3.32. The first-order valence-corrected chi connectivity index (χ1v) is 7.09. The lowest BCUT2D eigenvalue weighted by molar-refractivity contribution is -0.195. The summed E-state index contributed by atoms with van der Waals surface area (Å²) in [5.41, 5.74) is 0.776. The predicted octanol–water partition coefficient (Wildman–Crippen LogP) is 2.95. The second kappa shape index (κ2) is 6.19. The fraction of sp³-hybridized carbons (Fsp3) is 0.500. The average molecular weight is 317 g/mol. The number of anilines is 1. The lowest BCUT2D eigenvalue weighted by atomic mass is 10.1. The smallest absolute Gasteiger partial charge is 0.346 e. The number of halogens is 3. The summed E-state index contributed by atoms with van der Waals surface area (Å²) in [6.45, 7) is 2.10. The number of piperazine rings is 1. The van der Waals surface area contributed by atoms with E-state index in [-0.39, 0.29) is 12.6 Å². The normalized spacial score (nSPS) is 24.0. The van der Waals surface area contributed by atoms with Crippen molar-refractivity contribution < 1.29 is 13.2 Å². The fourth-order valence-electron chi connectivity index (χ4n) is 2.39. The monoisotopic (exact) mass is 317 g/mol. The molecule has 1 aliphatic heterocycles. The van der Waals surface area contributed by atoms with E-state index in [2.05, 4.69) is 5.32 Å². The van der Waals surface area contributed by atoms with Crippen molar-refractivity contribution in [3.8, 4) is 0 Å². The van der Waals surface area contributed by atoms with Crippen molar-refractivity contribution >= 4 is 23.0 Å². The number of alkyl halides is 3. The largest absolute Gasteiger partial charge is 0.405 e. The predicted molar refractivity (Wildman–Crippen MR) is 81.3 cm³/mol. The molecule has 7 heteroatoms. The van der Waals surface area contributed by atoms with E-state index >= 15 is 0 Å². The summed E-state index contributed by atoms with van der Waals surface area (Å²) in [5.74, 6) is 0. The highest BCUT2D eigenvalue weighted by molar-refractivity contribution is 7.80. The van der Waals surface area contributed by atoms with Crippen LogP contribution in [0.1, 0.15) is 6.92 Å². The van der Waals surface area contributed by atoms with Gasteiger partial charge in [0.15, 0.2) is 5.11 Å². The van der Waals surface area contributed by atoms with Gasteiger partial charge in [0.05, 0.1) is 0 Å². The fourth-order valence-corrected chi connectivity index (χ4v) is 2.66. The molecular weight excluding hydrogens is 299 g/mol. The zero-order valence-corrected chi connectivity index (χ0v) is 12.7. The Balaban J connectivity index is 2.08. The molecule has 1 fully saturated rings. The van der Waals surface area contributed by atoms with Gasteiger partial charge in [-0.2, -0.15) is 13.2 Å². The minimum atomic E-state index is -4.26. The van der Waals surface area contributed by atoms with Gasteiger partial charge in [0.25, 0.3) is 0 Å². The summed E-state index contributed by atoms with van der Waals surface area (Å²) in [6.07, 6.45) is -4.26. The van der Waals surface area contributed by atoms with E-state index in [1.807, 2.05) is 30.3 Å².